The smallest absolute Gasteiger partial charge is 0.296 e. The van der Waals surface area contributed by atoms with Crippen molar-refractivity contribution in [1.82, 2.24) is 0 Å². The molecule has 0 spiro atoms. The topological polar surface area (TPSA) is 172 Å². The highest BCUT2D eigenvalue weighted by molar-refractivity contribution is 7.94. The van der Waals surface area contributed by atoms with Gasteiger partial charge in [0.1, 0.15) is 10.6 Å². The maximum atomic E-state index is 12.6. The molecule has 0 atom stereocenters. The highest BCUT2D eigenvalue weighted by Gasteiger charge is 2.21. The molecule has 12 nitrogen and oxygen atoms in total. The number of anilines is 1. The van der Waals surface area contributed by atoms with Crippen LogP contribution in [0.4, 0.5) is 17.1 Å². The van der Waals surface area contributed by atoms with E-state index in [4.69, 9.17) is 5.26 Å². The highest BCUT2D eigenvalue weighted by Crippen LogP contribution is 2.37. The van der Waals surface area contributed by atoms with Gasteiger partial charge in [-0.1, -0.05) is 11.1 Å². The van der Waals surface area contributed by atoms with E-state index >= 15 is 0 Å². The van der Waals surface area contributed by atoms with Crippen molar-refractivity contribution in [2.45, 2.75) is 9.79 Å². The molecule has 0 radical (unpaired) electrons. The summed E-state index contributed by atoms with van der Waals surface area (Å²) in [6, 6.07) is 8.33. The van der Waals surface area contributed by atoms with Gasteiger partial charge in [-0.25, -0.2) is 5.26 Å². The average molecular weight is 441 g/mol. The van der Waals surface area contributed by atoms with E-state index in [0.29, 0.717) is 17.7 Å². The van der Waals surface area contributed by atoms with Crippen molar-refractivity contribution >= 4 is 45.1 Å². The predicted octanol–water partition coefficient (Wildman–Crippen LogP) is 4.04. The number of nitrogens with zero attached hydrogens (tertiary/aromatic N) is 4. The van der Waals surface area contributed by atoms with Crippen molar-refractivity contribution in [3.8, 4) is 0 Å². The molecule has 2 aromatic carbocycles. The Kier molecular flexibility index (Phi) is 7.89. The van der Waals surface area contributed by atoms with Crippen LogP contribution in [0.2, 0.25) is 0 Å². The van der Waals surface area contributed by atoms with Crippen LogP contribution >= 0.6 is 12.0 Å². The molecule has 0 bridgehead atoms. The summed E-state index contributed by atoms with van der Waals surface area (Å²) in [6.07, 6.45) is 0. The number of rotatable bonds is 8. The summed E-state index contributed by atoms with van der Waals surface area (Å²) < 4.78 is 37.2. The van der Waals surface area contributed by atoms with Crippen LogP contribution < -0.4 is 5.32 Å². The molecule has 0 aromatic heterocycles. The van der Waals surface area contributed by atoms with E-state index in [1.807, 2.05) is 0 Å². The lowest BCUT2D eigenvalue weighted by molar-refractivity contribution is -0.432. The number of hydrogen-bond acceptors (Lipinski definition) is 11. The van der Waals surface area contributed by atoms with E-state index in [2.05, 4.69) is 35.1 Å². The summed E-state index contributed by atoms with van der Waals surface area (Å²) in [5.74, 6) is -0.615. The molecule has 14 heteroatoms. The van der Waals surface area contributed by atoms with Crippen LogP contribution in [0.15, 0.2) is 66.6 Å². The second-order valence-corrected chi connectivity index (χ2v) is 7.25. The fourth-order valence-electron chi connectivity index (χ4n) is 2.18. The second kappa shape index (κ2) is 10.1. The van der Waals surface area contributed by atoms with Crippen LogP contribution in [0.5, 0.6) is 0 Å². The van der Waals surface area contributed by atoms with Gasteiger partial charge in [0, 0.05) is 19.7 Å². The monoisotopic (exact) mass is 441 g/mol. The molecular weight excluding hydrogens is 426 g/mol. The van der Waals surface area contributed by atoms with Gasteiger partial charge >= 0.3 is 0 Å². The first kappa shape index (κ1) is 22.5. The molecule has 0 saturated carbocycles. The fraction of sp³-hybridized carbons (Fsp3) is 0.133. The minimum atomic E-state index is -4.69. The third kappa shape index (κ3) is 6.11. The molecule has 29 heavy (non-hydrogen) atoms. The summed E-state index contributed by atoms with van der Waals surface area (Å²) in [4.78, 5) is 12.1. The Labute approximate surface area is 169 Å². The maximum Gasteiger partial charge on any atom is 0.296 e. The zero-order chi connectivity index (χ0) is 21.4. The Morgan fingerprint density at radius 1 is 1.14 bits per heavy atom. The molecule has 154 valence electrons. The quantitative estimate of drug-likeness (QED) is 0.181. The van der Waals surface area contributed by atoms with Crippen LogP contribution in [0.1, 0.15) is 10.4 Å². The summed E-state index contributed by atoms with van der Waals surface area (Å²) in [6.45, 7) is 0. The minimum absolute atomic E-state index is 0.0674. The predicted molar refractivity (Wildman–Crippen MR) is 102 cm³/mol. The van der Waals surface area contributed by atoms with Gasteiger partial charge in [-0.05, 0) is 30.3 Å². The fourth-order valence-corrected chi connectivity index (χ4v) is 3.27. The van der Waals surface area contributed by atoms with E-state index in [1.165, 1.54) is 26.2 Å². The minimum Gasteiger partial charge on any atom is -0.321 e. The number of hydrogen-bond donors (Lipinski definition) is 3. The van der Waals surface area contributed by atoms with E-state index < -0.39 is 20.9 Å². The lowest BCUT2D eigenvalue weighted by atomic mass is 10.2. The number of carbonyl (C=O) groups excluding carboxylic acids is 1. The third-order valence-corrected chi connectivity index (χ3v) is 4.80. The Bertz CT molecular complexity index is 1060. The van der Waals surface area contributed by atoms with Crippen LogP contribution in [0.25, 0.3) is 0 Å². The number of benzene rings is 2. The van der Waals surface area contributed by atoms with Crippen molar-refractivity contribution in [2.75, 3.05) is 19.4 Å². The zero-order valence-corrected chi connectivity index (χ0v) is 16.6. The van der Waals surface area contributed by atoms with Crippen LogP contribution in [0, 0.1) is 0 Å². The summed E-state index contributed by atoms with van der Waals surface area (Å²) in [5.41, 5.74) is 0.352. The van der Waals surface area contributed by atoms with Crippen LogP contribution in [0.3, 0.4) is 0 Å². The molecule has 0 fully saturated rings. The molecule has 1 amide bonds. The van der Waals surface area contributed by atoms with Gasteiger partial charge in [0.15, 0.2) is 0 Å². The summed E-state index contributed by atoms with van der Waals surface area (Å²) in [7, 11) is -1.92. The van der Waals surface area contributed by atoms with E-state index in [1.54, 1.807) is 12.1 Å². The lowest BCUT2D eigenvalue weighted by Crippen LogP contribution is -2.13. The first-order valence-electron chi connectivity index (χ1n) is 7.61. The zero-order valence-electron chi connectivity index (χ0n) is 15.0. The van der Waals surface area contributed by atoms with Crippen molar-refractivity contribution in [1.29, 1.82) is 0 Å². The van der Waals surface area contributed by atoms with Crippen molar-refractivity contribution in [3.63, 3.8) is 0 Å². The Hall–Kier alpha value is -2.75. The van der Waals surface area contributed by atoms with E-state index in [9.17, 15) is 17.8 Å². The summed E-state index contributed by atoms with van der Waals surface area (Å²) >= 11 is 0.456. The Balaban J connectivity index is 2.51. The van der Waals surface area contributed by atoms with Crippen LogP contribution in [-0.4, -0.2) is 38.2 Å². The van der Waals surface area contributed by atoms with Gasteiger partial charge in [0.2, 0.25) is 0 Å². The largest absolute Gasteiger partial charge is 0.321 e. The normalized spacial score (nSPS) is 12.0. The molecule has 2 rings (SSSR count). The number of nitrogens with one attached hydrogen (secondary N) is 1. The maximum absolute atomic E-state index is 12.6. The first-order valence-corrected chi connectivity index (χ1v) is 9.79. The van der Waals surface area contributed by atoms with Crippen molar-refractivity contribution < 1.29 is 32.4 Å². The molecule has 2 aromatic rings. The summed E-state index contributed by atoms with van der Waals surface area (Å²) in [5, 5.41) is 29.0. The standard InChI is InChI=1S/C15H15N5O7S2/c1-16-19-10-5-3-4-9(6-10)15(21)18-11-8-14(29(23,24)25)12(20-17-2)7-13(11)28-27-26-22/h3-8,22H,1-2H3,(H,18,21)(H,23,24,25). The SMILES string of the molecule is CN=Nc1cccc(C(=O)Nc2cc(S(=O)(=O)O)c(N=NC)cc2SOOO)c1. The molecule has 0 aliphatic rings. The molecule has 0 heterocycles. The number of amides is 1. The van der Waals surface area contributed by atoms with Gasteiger partial charge in [0.25, 0.3) is 16.0 Å². The number of azo groups is 2. The van der Waals surface area contributed by atoms with Gasteiger partial charge in [-0.15, -0.1) is 4.33 Å². The van der Waals surface area contributed by atoms with E-state index in [0.717, 1.165) is 12.1 Å². The van der Waals surface area contributed by atoms with E-state index in [-0.39, 0.29) is 21.8 Å². The van der Waals surface area contributed by atoms with Gasteiger partial charge < -0.3 is 5.32 Å². The highest BCUT2D eigenvalue weighted by atomic mass is 32.2. The van der Waals surface area contributed by atoms with Gasteiger partial charge in [-0.3, -0.25) is 9.35 Å². The van der Waals surface area contributed by atoms with Crippen molar-refractivity contribution in [2.24, 2.45) is 20.5 Å². The lowest BCUT2D eigenvalue weighted by Gasteiger charge is -2.12. The van der Waals surface area contributed by atoms with Gasteiger partial charge in [0.05, 0.1) is 28.3 Å². The average Bonchev–Trinajstić information content (AvgIpc) is 2.67. The Morgan fingerprint density at radius 3 is 2.48 bits per heavy atom. The molecule has 0 aliphatic heterocycles. The molecule has 0 aliphatic carbocycles. The first-order chi connectivity index (χ1) is 13.8. The third-order valence-electron chi connectivity index (χ3n) is 3.27. The Morgan fingerprint density at radius 2 is 1.86 bits per heavy atom. The molecular formula is C15H15N5O7S2. The second-order valence-electron chi connectivity index (χ2n) is 5.12. The van der Waals surface area contributed by atoms with Crippen molar-refractivity contribution in [3.05, 3.63) is 42.0 Å². The van der Waals surface area contributed by atoms with Crippen LogP contribution in [-0.2, 0) is 19.5 Å². The molecule has 0 saturated heterocycles. The number of carbonyl (C=O) groups is 1. The molecule has 3 N–H and O–H groups in total. The van der Waals surface area contributed by atoms with Gasteiger partial charge in [-0.2, -0.15) is 28.9 Å². The molecule has 0 unspecified atom stereocenters.